The summed E-state index contributed by atoms with van der Waals surface area (Å²) in [6.45, 7) is 5.92. The molecule has 1 aliphatic heterocycles. The predicted molar refractivity (Wildman–Crippen MR) is 71.3 cm³/mol. The number of rotatable bonds is 3. The second kappa shape index (κ2) is 4.36. The molecule has 2 aliphatic rings. The molecule has 2 unspecified atom stereocenters. The number of aliphatic hydroxyl groups excluding tert-OH is 1. The highest BCUT2D eigenvalue weighted by atomic mass is 16.5. The van der Waals surface area contributed by atoms with Gasteiger partial charge >= 0.3 is 0 Å². The van der Waals surface area contributed by atoms with E-state index in [9.17, 15) is 5.11 Å². The van der Waals surface area contributed by atoms with Crippen molar-refractivity contribution in [2.45, 2.75) is 58.3 Å². The largest absolute Gasteiger partial charge is 0.393 e. The lowest BCUT2D eigenvalue weighted by atomic mass is 9.53. The topological polar surface area (TPSA) is 29.5 Å². The van der Waals surface area contributed by atoms with Crippen LogP contribution in [0.25, 0.3) is 0 Å². The van der Waals surface area contributed by atoms with E-state index in [1.807, 2.05) is 0 Å². The Kier molecular flexibility index (Phi) is 2.95. The van der Waals surface area contributed by atoms with Crippen molar-refractivity contribution in [3.63, 3.8) is 0 Å². The van der Waals surface area contributed by atoms with Crippen LogP contribution in [0.4, 0.5) is 0 Å². The summed E-state index contributed by atoms with van der Waals surface area (Å²) >= 11 is 0. The molecule has 1 aromatic carbocycles. The van der Waals surface area contributed by atoms with Gasteiger partial charge in [-0.2, -0.15) is 0 Å². The van der Waals surface area contributed by atoms with Gasteiger partial charge in [-0.05, 0) is 41.9 Å². The fourth-order valence-corrected chi connectivity index (χ4v) is 3.86. The normalized spacial score (nSPS) is 28.8. The van der Waals surface area contributed by atoms with Crippen LogP contribution in [0, 0.1) is 5.41 Å². The van der Waals surface area contributed by atoms with E-state index in [-0.39, 0.29) is 11.5 Å². The molecule has 2 atom stereocenters. The van der Waals surface area contributed by atoms with Gasteiger partial charge in [-0.1, -0.05) is 32.0 Å². The van der Waals surface area contributed by atoms with E-state index in [1.165, 1.54) is 16.7 Å². The van der Waals surface area contributed by atoms with Crippen molar-refractivity contribution in [1.82, 2.24) is 0 Å². The van der Waals surface area contributed by atoms with Gasteiger partial charge in [0.05, 0.1) is 19.3 Å². The van der Waals surface area contributed by atoms with Gasteiger partial charge in [0.25, 0.3) is 0 Å². The Hall–Kier alpha value is -0.860. The average molecular weight is 246 g/mol. The number of hydrogen-bond acceptors (Lipinski definition) is 2. The van der Waals surface area contributed by atoms with Crippen molar-refractivity contribution in [3.8, 4) is 0 Å². The molecule has 2 heteroatoms. The van der Waals surface area contributed by atoms with Gasteiger partial charge in [-0.25, -0.2) is 0 Å². The molecular weight excluding hydrogens is 224 g/mol. The molecule has 3 rings (SSSR count). The Labute approximate surface area is 109 Å². The average Bonchev–Trinajstić information content (AvgIpc) is 2.84. The fraction of sp³-hybridized carbons (Fsp3) is 0.625. The van der Waals surface area contributed by atoms with Crippen LogP contribution in [0.15, 0.2) is 18.2 Å². The summed E-state index contributed by atoms with van der Waals surface area (Å²) in [5, 5.41) is 10.2. The van der Waals surface area contributed by atoms with Crippen molar-refractivity contribution < 1.29 is 9.84 Å². The van der Waals surface area contributed by atoms with Crippen molar-refractivity contribution in [3.05, 3.63) is 34.9 Å². The first-order valence-electron chi connectivity index (χ1n) is 7.08. The third-order valence-corrected chi connectivity index (χ3v) is 5.28. The van der Waals surface area contributed by atoms with E-state index in [2.05, 4.69) is 32.0 Å². The van der Waals surface area contributed by atoms with Crippen LogP contribution >= 0.6 is 0 Å². The monoisotopic (exact) mass is 246 g/mol. The zero-order chi connectivity index (χ0) is 12.8. The quantitative estimate of drug-likeness (QED) is 0.886. The highest BCUT2D eigenvalue weighted by Crippen LogP contribution is 2.57. The second-order valence-corrected chi connectivity index (χ2v) is 5.77. The second-order valence-electron chi connectivity index (χ2n) is 5.77. The highest BCUT2D eigenvalue weighted by Gasteiger charge is 2.52. The molecule has 1 aliphatic carbocycles. The molecule has 1 aromatic rings. The number of ether oxygens (including phenoxy) is 1. The molecule has 18 heavy (non-hydrogen) atoms. The summed E-state index contributed by atoms with van der Waals surface area (Å²) in [7, 11) is 0. The Morgan fingerprint density at radius 2 is 1.94 bits per heavy atom. The van der Waals surface area contributed by atoms with Crippen LogP contribution in [0.1, 0.15) is 55.7 Å². The minimum atomic E-state index is -0.123. The Morgan fingerprint density at radius 1 is 1.22 bits per heavy atom. The first-order chi connectivity index (χ1) is 8.71. The third kappa shape index (κ3) is 1.55. The van der Waals surface area contributed by atoms with E-state index in [4.69, 9.17) is 4.74 Å². The van der Waals surface area contributed by atoms with Gasteiger partial charge in [-0.15, -0.1) is 0 Å². The standard InChI is InChI=1S/C16H22O2/c1-3-16(4-2)14(8-15(16)17)11-5-6-12-9-18-10-13(12)7-11/h5-7,14-15,17H,3-4,8-10H2,1-2H3. The van der Waals surface area contributed by atoms with Gasteiger partial charge in [0.15, 0.2) is 0 Å². The molecule has 0 spiro atoms. The van der Waals surface area contributed by atoms with Crippen molar-refractivity contribution in [1.29, 1.82) is 0 Å². The summed E-state index contributed by atoms with van der Waals surface area (Å²) in [6, 6.07) is 6.75. The number of benzene rings is 1. The zero-order valence-electron chi connectivity index (χ0n) is 11.3. The van der Waals surface area contributed by atoms with Crippen molar-refractivity contribution >= 4 is 0 Å². The van der Waals surface area contributed by atoms with Gasteiger partial charge in [0.1, 0.15) is 0 Å². The smallest absolute Gasteiger partial charge is 0.0725 e. The molecule has 1 heterocycles. The van der Waals surface area contributed by atoms with Crippen molar-refractivity contribution in [2.75, 3.05) is 0 Å². The Morgan fingerprint density at radius 3 is 2.61 bits per heavy atom. The number of hydrogen-bond donors (Lipinski definition) is 1. The summed E-state index contributed by atoms with van der Waals surface area (Å²) in [5.74, 6) is 0.522. The van der Waals surface area contributed by atoms with Crippen LogP contribution in [0.3, 0.4) is 0 Å². The third-order valence-electron chi connectivity index (χ3n) is 5.28. The summed E-state index contributed by atoms with van der Waals surface area (Å²) in [6.07, 6.45) is 2.91. The Bertz CT molecular complexity index is 448. The maximum Gasteiger partial charge on any atom is 0.0725 e. The molecule has 1 saturated carbocycles. The van der Waals surface area contributed by atoms with Gasteiger partial charge in [-0.3, -0.25) is 0 Å². The minimum Gasteiger partial charge on any atom is -0.393 e. The number of fused-ring (bicyclic) bond motifs is 1. The van der Waals surface area contributed by atoms with E-state index in [1.54, 1.807) is 0 Å². The van der Waals surface area contributed by atoms with Crippen LogP contribution in [0.5, 0.6) is 0 Å². The van der Waals surface area contributed by atoms with Gasteiger partial charge in [0.2, 0.25) is 0 Å². The lowest BCUT2D eigenvalue weighted by Crippen LogP contribution is -2.50. The molecule has 1 N–H and O–H groups in total. The molecule has 0 bridgehead atoms. The minimum absolute atomic E-state index is 0.105. The van der Waals surface area contributed by atoms with E-state index < -0.39 is 0 Å². The molecule has 0 aromatic heterocycles. The van der Waals surface area contributed by atoms with Gasteiger partial charge in [0, 0.05) is 5.41 Å². The molecule has 98 valence electrons. The van der Waals surface area contributed by atoms with Gasteiger partial charge < -0.3 is 9.84 Å². The van der Waals surface area contributed by atoms with Crippen LogP contribution < -0.4 is 0 Å². The number of aliphatic hydroxyl groups is 1. The van der Waals surface area contributed by atoms with Crippen molar-refractivity contribution in [2.24, 2.45) is 5.41 Å². The van der Waals surface area contributed by atoms with Crippen LogP contribution in [0.2, 0.25) is 0 Å². The summed E-state index contributed by atoms with van der Waals surface area (Å²) < 4.78 is 5.48. The SMILES string of the molecule is CCC1(CC)C(O)CC1c1ccc2c(c1)COC2. The maximum absolute atomic E-state index is 10.2. The van der Waals surface area contributed by atoms with E-state index in [0.717, 1.165) is 32.5 Å². The first kappa shape index (κ1) is 12.2. The highest BCUT2D eigenvalue weighted by molar-refractivity contribution is 5.37. The zero-order valence-corrected chi connectivity index (χ0v) is 11.3. The summed E-state index contributed by atoms with van der Waals surface area (Å²) in [5.41, 5.74) is 4.17. The van der Waals surface area contributed by atoms with E-state index >= 15 is 0 Å². The molecule has 1 fully saturated rings. The molecule has 2 nitrogen and oxygen atoms in total. The predicted octanol–water partition coefficient (Wildman–Crippen LogP) is 3.37. The van der Waals surface area contributed by atoms with Crippen LogP contribution in [-0.2, 0) is 18.0 Å². The molecular formula is C16H22O2. The Balaban J connectivity index is 1.92. The molecule has 0 saturated heterocycles. The molecule has 0 radical (unpaired) electrons. The first-order valence-corrected chi connectivity index (χ1v) is 7.08. The molecule has 0 amide bonds. The lowest BCUT2D eigenvalue weighted by molar-refractivity contribution is -0.0932. The fourth-order valence-electron chi connectivity index (χ4n) is 3.86. The van der Waals surface area contributed by atoms with E-state index in [0.29, 0.717) is 5.92 Å². The lowest BCUT2D eigenvalue weighted by Gasteiger charge is -2.54. The maximum atomic E-state index is 10.2. The summed E-state index contributed by atoms with van der Waals surface area (Å²) in [4.78, 5) is 0. The van der Waals surface area contributed by atoms with Crippen LogP contribution in [-0.4, -0.2) is 11.2 Å².